The van der Waals surface area contributed by atoms with Crippen molar-refractivity contribution in [2.24, 2.45) is 5.84 Å². The lowest BCUT2D eigenvalue weighted by atomic mass is 9.93. The summed E-state index contributed by atoms with van der Waals surface area (Å²) in [6.07, 6.45) is 0. The quantitative estimate of drug-likeness (QED) is 0.601. The molecular weight excluding hydrogens is 136 g/mol. The molecule has 1 aromatic rings. The topological polar surface area (TPSA) is 29.3 Å². The zero-order chi connectivity index (χ0) is 7.68. The van der Waals surface area contributed by atoms with Crippen LogP contribution in [0.4, 0.5) is 0 Å². The van der Waals surface area contributed by atoms with Crippen molar-refractivity contribution in [1.82, 2.24) is 5.01 Å². The molecule has 1 fully saturated rings. The normalized spacial score (nSPS) is 19.7. The first-order chi connectivity index (χ1) is 5.36. The van der Waals surface area contributed by atoms with Gasteiger partial charge in [0.15, 0.2) is 0 Å². The minimum absolute atomic E-state index is 0.668. The summed E-state index contributed by atoms with van der Waals surface area (Å²) in [5, 5.41) is 1.84. The van der Waals surface area contributed by atoms with Gasteiger partial charge in [-0.15, -0.1) is 0 Å². The Hall–Kier alpha value is -0.860. The summed E-state index contributed by atoms with van der Waals surface area (Å²) in [6.45, 7) is 2.01. The van der Waals surface area contributed by atoms with Crippen molar-refractivity contribution in [3.05, 3.63) is 35.9 Å². The van der Waals surface area contributed by atoms with E-state index < -0.39 is 0 Å². The van der Waals surface area contributed by atoms with Crippen LogP contribution < -0.4 is 5.84 Å². The van der Waals surface area contributed by atoms with Crippen molar-refractivity contribution in [3.63, 3.8) is 0 Å². The fourth-order valence-corrected chi connectivity index (χ4v) is 1.45. The summed E-state index contributed by atoms with van der Waals surface area (Å²) in [5.74, 6) is 6.21. The second-order valence-electron chi connectivity index (χ2n) is 3.06. The molecule has 1 aliphatic heterocycles. The van der Waals surface area contributed by atoms with Crippen LogP contribution in [-0.4, -0.2) is 18.1 Å². The highest BCUT2D eigenvalue weighted by Crippen LogP contribution is 2.23. The Bertz CT molecular complexity index is 227. The van der Waals surface area contributed by atoms with Crippen LogP contribution in [0.5, 0.6) is 0 Å². The van der Waals surface area contributed by atoms with Crippen LogP contribution in [0.2, 0.25) is 0 Å². The van der Waals surface area contributed by atoms with Crippen molar-refractivity contribution >= 4 is 0 Å². The van der Waals surface area contributed by atoms with E-state index in [0.717, 1.165) is 13.1 Å². The fraction of sp³-hybridized carbons (Fsp3) is 0.333. The molecule has 1 aromatic carbocycles. The van der Waals surface area contributed by atoms with Crippen molar-refractivity contribution in [2.45, 2.75) is 5.92 Å². The number of hydrogen-bond acceptors (Lipinski definition) is 2. The Morgan fingerprint density at radius 2 is 1.82 bits per heavy atom. The molecule has 2 nitrogen and oxygen atoms in total. The highest BCUT2D eigenvalue weighted by atomic mass is 15.4. The average molecular weight is 148 g/mol. The molecule has 0 radical (unpaired) electrons. The number of nitrogens with zero attached hydrogens (tertiary/aromatic N) is 1. The highest BCUT2D eigenvalue weighted by Gasteiger charge is 2.24. The van der Waals surface area contributed by atoms with Gasteiger partial charge in [-0.1, -0.05) is 30.3 Å². The SMILES string of the molecule is NN1CC(c2ccccc2)C1. The molecule has 1 aliphatic rings. The van der Waals surface area contributed by atoms with E-state index in [4.69, 9.17) is 5.84 Å². The summed E-state index contributed by atoms with van der Waals surface area (Å²) in [5.41, 5.74) is 1.41. The van der Waals surface area contributed by atoms with Crippen LogP contribution in [0.1, 0.15) is 11.5 Å². The van der Waals surface area contributed by atoms with E-state index >= 15 is 0 Å². The minimum atomic E-state index is 0.668. The molecule has 0 aromatic heterocycles. The standard InChI is InChI=1S/C9H12N2/c10-11-6-9(7-11)8-4-2-1-3-5-8/h1-5,9H,6-7,10H2. The Morgan fingerprint density at radius 1 is 1.18 bits per heavy atom. The summed E-state index contributed by atoms with van der Waals surface area (Å²) in [4.78, 5) is 0. The molecule has 0 aliphatic carbocycles. The largest absolute Gasteiger partial charge is 0.269 e. The van der Waals surface area contributed by atoms with Gasteiger partial charge in [0.05, 0.1) is 0 Å². The van der Waals surface area contributed by atoms with E-state index in [0.29, 0.717) is 5.92 Å². The van der Waals surface area contributed by atoms with Gasteiger partial charge in [-0.3, -0.25) is 5.84 Å². The smallest absolute Gasteiger partial charge is 0.0210 e. The minimum Gasteiger partial charge on any atom is -0.269 e. The zero-order valence-electron chi connectivity index (χ0n) is 6.40. The molecule has 0 bridgehead atoms. The number of rotatable bonds is 1. The fourth-order valence-electron chi connectivity index (χ4n) is 1.45. The summed E-state index contributed by atoms with van der Waals surface area (Å²) in [6, 6.07) is 10.5. The second kappa shape index (κ2) is 2.64. The van der Waals surface area contributed by atoms with E-state index in [2.05, 4.69) is 24.3 Å². The predicted molar refractivity (Wildman–Crippen MR) is 44.9 cm³/mol. The van der Waals surface area contributed by atoms with Crippen LogP contribution in [0.25, 0.3) is 0 Å². The van der Waals surface area contributed by atoms with Crippen LogP contribution in [-0.2, 0) is 0 Å². The lowest BCUT2D eigenvalue weighted by Gasteiger charge is -2.35. The van der Waals surface area contributed by atoms with Gasteiger partial charge in [0.1, 0.15) is 0 Å². The van der Waals surface area contributed by atoms with Crippen molar-refractivity contribution < 1.29 is 0 Å². The predicted octanol–water partition coefficient (Wildman–Crippen LogP) is 0.960. The van der Waals surface area contributed by atoms with Gasteiger partial charge < -0.3 is 0 Å². The number of hydrazine groups is 1. The third kappa shape index (κ3) is 1.27. The lowest BCUT2D eigenvalue weighted by molar-refractivity contribution is 0.151. The molecule has 1 heterocycles. The van der Waals surface area contributed by atoms with Crippen LogP contribution in [0, 0.1) is 0 Å². The third-order valence-corrected chi connectivity index (χ3v) is 2.18. The molecule has 0 unspecified atom stereocenters. The van der Waals surface area contributed by atoms with Crippen LogP contribution in [0.3, 0.4) is 0 Å². The second-order valence-corrected chi connectivity index (χ2v) is 3.06. The van der Waals surface area contributed by atoms with E-state index in [-0.39, 0.29) is 0 Å². The van der Waals surface area contributed by atoms with Gasteiger partial charge in [-0.2, -0.15) is 0 Å². The van der Waals surface area contributed by atoms with Gasteiger partial charge in [0.25, 0.3) is 0 Å². The first-order valence-electron chi connectivity index (χ1n) is 3.91. The van der Waals surface area contributed by atoms with Crippen molar-refractivity contribution in [3.8, 4) is 0 Å². The molecule has 11 heavy (non-hydrogen) atoms. The van der Waals surface area contributed by atoms with Crippen molar-refractivity contribution in [2.75, 3.05) is 13.1 Å². The molecule has 0 saturated carbocycles. The Morgan fingerprint density at radius 3 is 2.36 bits per heavy atom. The molecule has 0 atom stereocenters. The number of benzene rings is 1. The molecule has 58 valence electrons. The monoisotopic (exact) mass is 148 g/mol. The van der Waals surface area contributed by atoms with Gasteiger partial charge in [-0.05, 0) is 5.56 Å². The van der Waals surface area contributed by atoms with Gasteiger partial charge in [0.2, 0.25) is 0 Å². The Kier molecular flexibility index (Phi) is 1.64. The maximum absolute atomic E-state index is 5.54. The first kappa shape index (κ1) is 6.83. The van der Waals surface area contributed by atoms with Crippen LogP contribution in [0.15, 0.2) is 30.3 Å². The maximum atomic E-state index is 5.54. The number of hydrogen-bond donors (Lipinski definition) is 1. The van der Waals surface area contributed by atoms with Crippen LogP contribution >= 0.6 is 0 Å². The van der Waals surface area contributed by atoms with Gasteiger partial charge >= 0.3 is 0 Å². The molecule has 2 rings (SSSR count). The Labute approximate surface area is 66.6 Å². The molecule has 2 N–H and O–H groups in total. The summed E-state index contributed by atoms with van der Waals surface area (Å²) in [7, 11) is 0. The summed E-state index contributed by atoms with van der Waals surface area (Å²) >= 11 is 0. The average Bonchev–Trinajstić information content (AvgIpc) is 2.01. The van der Waals surface area contributed by atoms with Crippen molar-refractivity contribution in [1.29, 1.82) is 0 Å². The highest BCUT2D eigenvalue weighted by molar-refractivity contribution is 5.22. The zero-order valence-corrected chi connectivity index (χ0v) is 6.40. The summed E-state index contributed by atoms with van der Waals surface area (Å²) < 4.78 is 0. The van der Waals surface area contributed by atoms with Gasteiger partial charge in [0, 0.05) is 19.0 Å². The molecular formula is C9H12N2. The van der Waals surface area contributed by atoms with E-state index in [9.17, 15) is 0 Å². The van der Waals surface area contributed by atoms with E-state index in [1.54, 1.807) is 0 Å². The maximum Gasteiger partial charge on any atom is 0.0210 e. The molecule has 1 saturated heterocycles. The Balaban J connectivity index is 2.08. The third-order valence-electron chi connectivity index (χ3n) is 2.18. The molecule has 0 amide bonds. The lowest BCUT2D eigenvalue weighted by Crippen LogP contribution is -2.49. The number of nitrogens with two attached hydrogens (primary N) is 1. The molecule has 2 heteroatoms. The van der Waals surface area contributed by atoms with E-state index in [1.807, 2.05) is 11.1 Å². The first-order valence-corrected chi connectivity index (χ1v) is 3.91. The van der Waals surface area contributed by atoms with E-state index in [1.165, 1.54) is 5.56 Å². The molecule has 0 spiro atoms. The van der Waals surface area contributed by atoms with Gasteiger partial charge in [-0.25, -0.2) is 5.01 Å².